The largest absolute Gasteiger partial charge is 0.383 e. The van der Waals surface area contributed by atoms with Crippen molar-refractivity contribution in [1.29, 1.82) is 0 Å². The number of hydrogen-bond acceptors (Lipinski definition) is 5. The van der Waals surface area contributed by atoms with Crippen molar-refractivity contribution in [2.75, 3.05) is 5.73 Å². The van der Waals surface area contributed by atoms with Crippen molar-refractivity contribution in [3.8, 4) is 5.82 Å². The minimum absolute atomic E-state index is 0.232. The average molecular weight is 232 g/mol. The Hall–Kier alpha value is -1.98. The standard InChI is InChI=1S/C11H16N6/c1-6(2)9-10(12)13-5-14-11(9)17-8(4)15-7(3)16-17/h5-6H,1-4H3,(H2,12,13,14). The predicted octanol–water partition coefficient (Wildman–Crippen LogP) is 1.38. The maximum Gasteiger partial charge on any atom is 0.164 e. The van der Waals surface area contributed by atoms with Gasteiger partial charge < -0.3 is 5.73 Å². The summed E-state index contributed by atoms with van der Waals surface area (Å²) in [5.74, 6) is 2.95. The van der Waals surface area contributed by atoms with Crippen LogP contribution in [-0.2, 0) is 0 Å². The van der Waals surface area contributed by atoms with Crippen LogP contribution in [0.25, 0.3) is 5.82 Å². The smallest absolute Gasteiger partial charge is 0.164 e. The first-order valence-corrected chi connectivity index (χ1v) is 5.51. The van der Waals surface area contributed by atoms with Crippen molar-refractivity contribution in [3.63, 3.8) is 0 Å². The van der Waals surface area contributed by atoms with E-state index in [1.807, 2.05) is 13.8 Å². The fourth-order valence-electron chi connectivity index (χ4n) is 1.84. The number of anilines is 1. The van der Waals surface area contributed by atoms with Gasteiger partial charge in [0.15, 0.2) is 5.82 Å². The third-order valence-corrected chi connectivity index (χ3v) is 2.55. The molecule has 0 fully saturated rings. The van der Waals surface area contributed by atoms with E-state index in [0.717, 1.165) is 17.2 Å². The van der Waals surface area contributed by atoms with Gasteiger partial charge in [-0.05, 0) is 19.8 Å². The Morgan fingerprint density at radius 3 is 2.47 bits per heavy atom. The number of aryl methyl sites for hydroxylation is 2. The van der Waals surface area contributed by atoms with Crippen molar-refractivity contribution < 1.29 is 0 Å². The van der Waals surface area contributed by atoms with Gasteiger partial charge in [0.05, 0.1) is 0 Å². The molecule has 6 nitrogen and oxygen atoms in total. The van der Waals surface area contributed by atoms with Gasteiger partial charge in [-0.2, -0.15) is 4.68 Å². The van der Waals surface area contributed by atoms with E-state index in [2.05, 4.69) is 33.9 Å². The Kier molecular flexibility index (Phi) is 2.79. The van der Waals surface area contributed by atoms with E-state index in [-0.39, 0.29) is 5.92 Å². The van der Waals surface area contributed by atoms with Gasteiger partial charge in [-0.3, -0.25) is 0 Å². The van der Waals surface area contributed by atoms with Gasteiger partial charge >= 0.3 is 0 Å². The molecule has 17 heavy (non-hydrogen) atoms. The summed E-state index contributed by atoms with van der Waals surface area (Å²) in [6.45, 7) is 7.85. The Balaban J connectivity index is 2.67. The molecule has 0 spiro atoms. The van der Waals surface area contributed by atoms with Gasteiger partial charge in [0, 0.05) is 5.56 Å². The minimum atomic E-state index is 0.232. The maximum absolute atomic E-state index is 5.90. The molecular weight excluding hydrogens is 216 g/mol. The van der Waals surface area contributed by atoms with E-state index in [1.165, 1.54) is 6.33 Å². The molecule has 0 aliphatic carbocycles. The molecule has 0 unspecified atom stereocenters. The molecule has 0 saturated carbocycles. The molecular formula is C11H16N6. The van der Waals surface area contributed by atoms with Crippen LogP contribution in [0.15, 0.2) is 6.33 Å². The normalized spacial score (nSPS) is 11.1. The van der Waals surface area contributed by atoms with Crippen molar-refractivity contribution in [2.45, 2.75) is 33.6 Å². The number of nitrogens with zero attached hydrogens (tertiary/aromatic N) is 5. The number of aromatic nitrogens is 5. The summed E-state index contributed by atoms with van der Waals surface area (Å²) in [4.78, 5) is 12.6. The summed E-state index contributed by atoms with van der Waals surface area (Å²) in [5, 5.41) is 4.32. The quantitative estimate of drug-likeness (QED) is 0.845. The summed E-state index contributed by atoms with van der Waals surface area (Å²) < 4.78 is 1.71. The van der Waals surface area contributed by atoms with Gasteiger partial charge in [0.25, 0.3) is 0 Å². The molecule has 0 aliphatic rings. The highest BCUT2D eigenvalue weighted by Gasteiger charge is 2.17. The second-order valence-electron chi connectivity index (χ2n) is 4.27. The molecule has 0 radical (unpaired) electrons. The van der Waals surface area contributed by atoms with Crippen LogP contribution >= 0.6 is 0 Å². The first-order valence-electron chi connectivity index (χ1n) is 5.51. The first-order chi connectivity index (χ1) is 8.00. The number of rotatable bonds is 2. The highest BCUT2D eigenvalue weighted by molar-refractivity contribution is 5.50. The Morgan fingerprint density at radius 1 is 1.24 bits per heavy atom. The lowest BCUT2D eigenvalue weighted by Crippen LogP contribution is -2.11. The molecule has 2 N–H and O–H groups in total. The zero-order valence-electron chi connectivity index (χ0n) is 10.5. The van der Waals surface area contributed by atoms with Gasteiger partial charge in [0.2, 0.25) is 0 Å². The third-order valence-electron chi connectivity index (χ3n) is 2.55. The number of hydrogen-bond donors (Lipinski definition) is 1. The highest BCUT2D eigenvalue weighted by Crippen LogP contribution is 2.25. The van der Waals surface area contributed by atoms with E-state index in [4.69, 9.17) is 5.73 Å². The third kappa shape index (κ3) is 1.98. The maximum atomic E-state index is 5.90. The molecule has 0 amide bonds. The molecule has 0 saturated heterocycles. The molecule has 2 heterocycles. The zero-order chi connectivity index (χ0) is 12.6. The summed E-state index contributed by atoms with van der Waals surface area (Å²) >= 11 is 0. The Labute approximate surface area is 99.9 Å². The van der Waals surface area contributed by atoms with Crippen LogP contribution in [0.4, 0.5) is 5.82 Å². The Bertz CT molecular complexity index is 543. The van der Waals surface area contributed by atoms with E-state index in [1.54, 1.807) is 4.68 Å². The molecule has 2 rings (SSSR count). The molecule has 0 aromatic carbocycles. The fourth-order valence-corrected chi connectivity index (χ4v) is 1.84. The monoisotopic (exact) mass is 232 g/mol. The van der Waals surface area contributed by atoms with Crippen LogP contribution in [0.5, 0.6) is 0 Å². The highest BCUT2D eigenvalue weighted by atomic mass is 15.4. The average Bonchev–Trinajstić information content (AvgIpc) is 2.56. The van der Waals surface area contributed by atoms with E-state index in [0.29, 0.717) is 11.6 Å². The van der Waals surface area contributed by atoms with Gasteiger partial charge in [-0.15, -0.1) is 5.10 Å². The van der Waals surface area contributed by atoms with Crippen LogP contribution in [0.3, 0.4) is 0 Å². The molecule has 2 aromatic rings. The summed E-state index contributed by atoms with van der Waals surface area (Å²) in [7, 11) is 0. The lowest BCUT2D eigenvalue weighted by atomic mass is 10.1. The summed E-state index contributed by atoms with van der Waals surface area (Å²) in [5.41, 5.74) is 6.81. The van der Waals surface area contributed by atoms with E-state index >= 15 is 0 Å². The molecule has 2 aromatic heterocycles. The summed E-state index contributed by atoms with van der Waals surface area (Å²) in [6, 6.07) is 0. The topological polar surface area (TPSA) is 82.5 Å². The SMILES string of the molecule is Cc1nc(C)n(-c2ncnc(N)c2C(C)C)n1. The van der Waals surface area contributed by atoms with Crippen molar-refractivity contribution in [1.82, 2.24) is 24.7 Å². The minimum Gasteiger partial charge on any atom is -0.383 e. The van der Waals surface area contributed by atoms with Crippen LogP contribution < -0.4 is 5.73 Å². The predicted molar refractivity (Wildman–Crippen MR) is 64.9 cm³/mol. The molecule has 0 aliphatic heterocycles. The van der Waals surface area contributed by atoms with E-state index < -0.39 is 0 Å². The van der Waals surface area contributed by atoms with E-state index in [9.17, 15) is 0 Å². The molecule has 0 bridgehead atoms. The van der Waals surface area contributed by atoms with Crippen LogP contribution in [-0.4, -0.2) is 24.7 Å². The van der Waals surface area contributed by atoms with Crippen LogP contribution in [0.2, 0.25) is 0 Å². The van der Waals surface area contributed by atoms with Crippen molar-refractivity contribution in [2.24, 2.45) is 0 Å². The number of nitrogens with two attached hydrogens (primary N) is 1. The number of nitrogen functional groups attached to an aromatic ring is 1. The second-order valence-corrected chi connectivity index (χ2v) is 4.27. The molecule has 90 valence electrons. The van der Waals surface area contributed by atoms with Gasteiger partial charge in [-0.1, -0.05) is 13.8 Å². The molecule has 6 heteroatoms. The van der Waals surface area contributed by atoms with Crippen LogP contribution in [0.1, 0.15) is 37.0 Å². The first kappa shape index (κ1) is 11.5. The van der Waals surface area contributed by atoms with Gasteiger partial charge in [0.1, 0.15) is 23.8 Å². The van der Waals surface area contributed by atoms with Crippen molar-refractivity contribution in [3.05, 3.63) is 23.5 Å². The van der Waals surface area contributed by atoms with Gasteiger partial charge in [-0.25, -0.2) is 15.0 Å². The lowest BCUT2D eigenvalue weighted by Gasteiger charge is -2.13. The molecule has 0 atom stereocenters. The lowest BCUT2D eigenvalue weighted by molar-refractivity contribution is 0.753. The fraction of sp³-hybridized carbons (Fsp3) is 0.455. The summed E-state index contributed by atoms with van der Waals surface area (Å²) in [6.07, 6.45) is 1.45. The second kappa shape index (κ2) is 4.12. The van der Waals surface area contributed by atoms with Crippen LogP contribution in [0, 0.1) is 13.8 Å². The van der Waals surface area contributed by atoms with Crippen molar-refractivity contribution >= 4 is 5.82 Å². The zero-order valence-corrected chi connectivity index (χ0v) is 10.5. The Morgan fingerprint density at radius 2 is 1.94 bits per heavy atom.